The molecule has 1 aromatic carbocycles. The number of carbonyl (C=O) groups excluding carboxylic acids is 1. The summed E-state index contributed by atoms with van der Waals surface area (Å²) in [6, 6.07) is 7.36. The predicted molar refractivity (Wildman–Crippen MR) is 92.9 cm³/mol. The van der Waals surface area contributed by atoms with Crippen LogP contribution in [0.2, 0.25) is 0 Å². The first kappa shape index (κ1) is 15.4. The summed E-state index contributed by atoms with van der Waals surface area (Å²) in [5.41, 5.74) is 2.16. The highest BCUT2D eigenvalue weighted by molar-refractivity contribution is 5.95. The highest BCUT2D eigenvalue weighted by Crippen LogP contribution is 2.23. The number of imidazole rings is 1. The maximum absolute atomic E-state index is 12.8. The highest BCUT2D eigenvalue weighted by Gasteiger charge is 2.28. The van der Waals surface area contributed by atoms with Crippen molar-refractivity contribution in [3.8, 4) is 5.69 Å². The van der Waals surface area contributed by atoms with Gasteiger partial charge in [0.2, 0.25) is 0 Å². The summed E-state index contributed by atoms with van der Waals surface area (Å²) in [4.78, 5) is 29.0. The van der Waals surface area contributed by atoms with E-state index in [1.54, 1.807) is 30.6 Å². The lowest BCUT2D eigenvalue weighted by Crippen LogP contribution is -2.29. The molecular weight excluding hydrogens is 318 g/mol. The molecule has 128 valence electrons. The molecule has 1 aliphatic rings. The normalized spacial score (nSPS) is 17.2. The fraction of sp³-hybridized carbons (Fsp3) is 0.278. The molecule has 3 aromatic rings. The zero-order valence-corrected chi connectivity index (χ0v) is 13.9. The molecule has 1 amide bonds. The van der Waals surface area contributed by atoms with Gasteiger partial charge in [-0.15, -0.1) is 0 Å². The Hall–Kier alpha value is -3.09. The Kier molecular flexibility index (Phi) is 3.76. The van der Waals surface area contributed by atoms with E-state index in [2.05, 4.69) is 10.1 Å². The summed E-state index contributed by atoms with van der Waals surface area (Å²) in [7, 11) is 0. The number of hydrogen-bond acceptors (Lipinski definition) is 3. The van der Waals surface area contributed by atoms with Gasteiger partial charge in [0.15, 0.2) is 0 Å². The van der Waals surface area contributed by atoms with Gasteiger partial charge in [-0.25, -0.2) is 4.79 Å². The number of nitrogens with zero attached hydrogens (tertiary/aromatic N) is 4. The number of likely N-dealkylation sites (tertiary alicyclic amines) is 1. The first-order chi connectivity index (χ1) is 12.1. The number of benzene rings is 1. The second kappa shape index (κ2) is 6.08. The van der Waals surface area contributed by atoms with Gasteiger partial charge < -0.3 is 9.88 Å². The van der Waals surface area contributed by atoms with Crippen molar-refractivity contribution >= 4 is 5.91 Å². The Bertz CT molecular complexity index is 968. The lowest BCUT2D eigenvalue weighted by atomic mass is 10.1. The molecule has 25 heavy (non-hydrogen) atoms. The number of carbonyl (C=O) groups is 1. The van der Waals surface area contributed by atoms with E-state index in [9.17, 15) is 9.59 Å². The number of aromatic amines is 1. The molecule has 0 spiro atoms. The third kappa shape index (κ3) is 2.88. The van der Waals surface area contributed by atoms with Gasteiger partial charge in [0.25, 0.3) is 5.91 Å². The molecule has 1 saturated heterocycles. The van der Waals surface area contributed by atoms with E-state index in [-0.39, 0.29) is 17.6 Å². The second-order valence-electron chi connectivity index (χ2n) is 6.38. The summed E-state index contributed by atoms with van der Waals surface area (Å²) in [5, 5.41) is 4.36. The molecule has 1 atom stereocenters. The molecule has 1 unspecified atom stereocenters. The van der Waals surface area contributed by atoms with Crippen molar-refractivity contribution in [3.63, 3.8) is 0 Å². The van der Waals surface area contributed by atoms with Crippen molar-refractivity contribution < 1.29 is 4.79 Å². The van der Waals surface area contributed by atoms with Gasteiger partial charge >= 0.3 is 5.69 Å². The van der Waals surface area contributed by atoms with Crippen LogP contribution in [0, 0.1) is 6.92 Å². The zero-order valence-electron chi connectivity index (χ0n) is 13.9. The standard InChI is InChI=1S/C18H19N5O2/c1-13-10-20-23(11-13)16-5-7-21(12-16)17(24)14-3-2-4-15(9-14)22-8-6-19-18(22)25/h2-4,6,8-11,16H,5,7,12H2,1H3,(H,19,25). The van der Waals surface area contributed by atoms with E-state index < -0.39 is 0 Å². The molecule has 7 heteroatoms. The number of aromatic nitrogens is 4. The Balaban J connectivity index is 1.54. The Labute approximate surface area is 144 Å². The third-order valence-electron chi connectivity index (χ3n) is 4.58. The van der Waals surface area contributed by atoms with E-state index in [4.69, 9.17) is 0 Å². The molecule has 1 aliphatic heterocycles. The van der Waals surface area contributed by atoms with Crippen LogP contribution in [0.3, 0.4) is 0 Å². The van der Waals surface area contributed by atoms with Crippen molar-refractivity contribution in [1.29, 1.82) is 0 Å². The molecule has 0 aliphatic carbocycles. The minimum atomic E-state index is -0.222. The fourth-order valence-electron chi connectivity index (χ4n) is 3.27. The van der Waals surface area contributed by atoms with Crippen LogP contribution < -0.4 is 5.69 Å². The highest BCUT2D eigenvalue weighted by atomic mass is 16.2. The Morgan fingerprint density at radius 1 is 1.36 bits per heavy atom. The van der Waals surface area contributed by atoms with Crippen molar-refractivity contribution in [1.82, 2.24) is 24.2 Å². The second-order valence-corrected chi connectivity index (χ2v) is 6.38. The van der Waals surface area contributed by atoms with Gasteiger partial charge in [-0.2, -0.15) is 5.10 Å². The van der Waals surface area contributed by atoms with Gasteiger partial charge in [-0.3, -0.25) is 14.0 Å². The van der Waals surface area contributed by atoms with Gasteiger partial charge in [-0.05, 0) is 37.1 Å². The van der Waals surface area contributed by atoms with Crippen LogP contribution in [-0.2, 0) is 0 Å². The van der Waals surface area contributed by atoms with E-state index >= 15 is 0 Å². The number of aryl methyl sites for hydroxylation is 1. The first-order valence-corrected chi connectivity index (χ1v) is 8.28. The number of rotatable bonds is 3. The lowest BCUT2D eigenvalue weighted by Gasteiger charge is -2.17. The summed E-state index contributed by atoms with van der Waals surface area (Å²) in [6.45, 7) is 3.36. The van der Waals surface area contributed by atoms with Crippen molar-refractivity contribution in [2.45, 2.75) is 19.4 Å². The Morgan fingerprint density at radius 2 is 2.24 bits per heavy atom. The van der Waals surface area contributed by atoms with E-state index in [0.717, 1.165) is 12.0 Å². The minimum absolute atomic E-state index is 0.0168. The van der Waals surface area contributed by atoms with Crippen molar-refractivity contribution in [3.05, 3.63) is 70.7 Å². The van der Waals surface area contributed by atoms with E-state index in [0.29, 0.717) is 24.3 Å². The van der Waals surface area contributed by atoms with Crippen LogP contribution in [0.4, 0.5) is 0 Å². The van der Waals surface area contributed by atoms with E-state index in [1.807, 2.05) is 35.0 Å². The molecular formula is C18H19N5O2. The molecule has 0 bridgehead atoms. The van der Waals surface area contributed by atoms with Crippen LogP contribution in [0.25, 0.3) is 5.69 Å². The third-order valence-corrected chi connectivity index (χ3v) is 4.58. The average Bonchev–Trinajstić information content (AvgIpc) is 3.34. The molecule has 2 aromatic heterocycles. The fourth-order valence-corrected chi connectivity index (χ4v) is 3.27. The molecule has 0 radical (unpaired) electrons. The lowest BCUT2D eigenvalue weighted by molar-refractivity contribution is 0.0787. The predicted octanol–water partition coefficient (Wildman–Crippen LogP) is 1.76. The number of nitrogens with one attached hydrogen (secondary N) is 1. The molecule has 1 N–H and O–H groups in total. The monoisotopic (exact) mass is 337 g/mol. The number of hydrogen-bond donors (Lipinski definition) is 1. The molecule has 4 rings (SSSR count). The summed E-state index contributed by atoms with van der Waals surface area (Å²) < 4.78 is 3.43. The van der Waals surface area contributed by atoms with Crippen LogP contribution in [0.15, 0.2) is 53.8 Å². The van der Waals surface area contributed by atoms with Gasteiger partial charge in [0.1, 0.15) is 0 Å². The van der Waals surface area contributed by atoms with Crippen LogP contribution in [-0.4, -0.2) is 43.2 Å². The first-order valence-electron chi connectivity index (χ1n) is 8.28. The minimum Gasteiger partial charge on any atom is -0.336 e. The summed E-state index contributed by atoms with van der Waals surface area (Å²) in [5.74, 6) is -0.0168. The number of H-pyrrole nitrogens is 1. The van der Waals surface area contributed by atoms with E-state index in [1.165, 1.54) is 4.57 Å². The topological polar surface area (TPSA) is 75.9 Å². The SMILES string of the molecule is Cc1cnn(C2CCN(C(=O)c3cccc(-n4cc[nH]c4=O)c3)C2)c1. The summed E-state index contributed by atoms with van der Waals surface area (Å²) >= 11 is 0. The maximum Gasteiger partial charge on any atom is 0.330 e. The van der Waals surface area contributed by atoms with Crippen LogP contribution >= 0.6 is 0 Å². The quantitative estimate of drug-likeness (QED) is 0.791. The average molecular weight is 337 g/mol. The van der Waals surface area contributed by atoms with Gasteiger partial charge in [-0.1, -0.05) is 6.07 Å². The summed E-state index contributed by atoms with van der Waals surface area (Å²) in [6.07, 6.45) is 7.97. The van der Waals surface area contributed by atoms with Crippen LogP contribution in [0.1, 0.15) is 28.4 Å². The molecule has 3 heterocycles. The molecule has 7 nitrogen and oxygen atoms in total. The largest absolute Gasteiger partial charge is 0.336 e. The maximum atomic E-state index is 12.8. The van der Waals surface area contributed by atoms with Gasteiger partial charge in [0, 0.05) is 37.2 Å². The van der Waals surface area contributed by atoms with Crippen molar-refractivity contribution in [2.75, 3.05) is 13.1 Å². The number of amides is 1. The van der Waals surface area contributed by atoms with Crippen molar-refractivity contribution in [2.24, 2.45) is 0 Å². The smallest absolute Gasteiger partial charge is 0.330 e. The van der Waals surface area contributed by atoms with Gasteiger partial charge in [0.05, 0.1) is 17.9 Å². The molecule has 0 saturated carbocycles. The zero-order chi connectivity index (χ0) is 17.4. The molecule has 1 fully saturated rings. The Morgan fingerprint density at radius 3 is 2.96 bits per heavy atom. The van der Waals surface area contributed by atoms with Crippen LogP contribution in [0.5, 0.6) is 0 Å².